The fourth-order valence-corrected chi connectivity index (χ4v) is 3.56. The van der Waals surface area contributed by atoms with Crippen molar-refractivity contribution in [3.8, 4) is 5.75 Å². The first-order valence-corrected chi connectivity index (χ1v) is 9.12. The van der Waals surface area contributed by atoms with Crippen LogP contribution in [0.5, 0.6) is 5.75 Å². The molecular formula is C23H22FN2O+. The molecule has 1 aliphatic rings. The molecule has 136 valence electrons. The highest BCUT2D eigenvalue weighted by atomic mass is 19.1. The number of para-hydroxylation sites is 1. The van der Waals surface area contributed by atoms with Gasteiger partial charge in [-0.25, -0.2) is 9.38 Å². The minimum absolute atomic E-state index is 0.0371. The molecule has 0 saturated heterocycles. The summed E-state index contributed by atoms with van der Waals surface area (Å²) in [6, 6.07) is 22.3. The number of hydrogen-bond donors (Lipinski definition) is 2. The molecule has 0 saturated carbocycles. The summed E-state index contributed by atoms with van der Waals surface area (Å²) in [6.45, 7) is 2.06. The van der Waals surface area contributed by atoms with Crippen LogP contribution in [0.25, 0.3) is 0 Å². The van der Waals surface area contributed by atoms with Crippen LogP contribution in [0.2, 0.25) is 0 Å². The molecule has 27 heavy (non-hydrogen) atoms. The molecular weight excluding hydrogens is 339 g/mol. The number of nitrogens with two attached hydrogens (primary N) is 1. The first-order valence-electron chi connectivity index (χ1n) is 9.12. The fraction of sp³-hybridized carbons (Fsp3) is 0.174. The van der Waals surface area contributed by atoms with E-state index < -0.39 is 0 Å². The van der Waals surface area contributed by atoms with Crippen molar-refractivity contribution in [2.24, 2.45) is 4.99 Å². The van der Waals surface area contributed by atoms with Crippen LogP contribution in [-0.4, -0.2) is 10.8 Å². The molecule has 0 spiro atoms. The lowest BCUT2D eigenvalue weighted by Gasteiger charge is -2.27. The van der Waals surface area contributed by atoms with Gasteiger partial charge in [0, 0.05) is 12.0 Å². The van der Waals surface area contributed by atoms with Crippen molar-refractivity contribution in [2.75, 3.05) is 0 Å². The zero-order valence-electron chi connectivity index (χ0n) is 15.1. The van der Waals surface area contributed by atoms with E-state index in [1.807, 2.05) is 18.2 Å². The Morgan fingerprint density at radius 2 is 1.67 bits per heavy atom. The third-order valence-corrected chi connectivity index (χ3v) is 5.06. The number of benzene rings is 3. The Morgan fingerprint density at radius 3 is 2.37 bits per heavy atom. The maximum Gasteiger partial charge on any atom is 0.206 e. The van der Waals surface area contributed by atoms with Crippen molar-refractivity contribution < 1.29 is 14.8 Å². The largest absolute Gasteiger partial charge is 0.507 e. The standard InChI is InChI=1S/C23H21FN2O/c1-15-6-8-16(9-7-15)20-14-21(19-4-2-3-5-22(19)27)26-23(25-20)17-10-12-18(24)13-11-17/h2-13,21,23,26-27H,14H2,1H3/p+1/t21-,23+/m0/s1. The summed E-state index contributed by atoms with van der Waals surface area (Å²) in [6.07, 6.45) is 0.540. The van der Waals surface area contributed by atoms with Gasteiger partial charge in [0.1, 0.15) is 17.6 Å². The van der Waals surface area contributed by atoms with Gasteiger partial charge in [0.25, 0.3) is 0 Å². The minimum atomic E-state index is -0.255. The highest BCUT2D eigenvalue weighted by Gasteiger charge is 2.31. The Kier molecular flexibility index (Phi) is 4.73. The second-order valence-corrected chi connectivity index (χ2v) is 7.00. The van der Waals surface area contributed by atoms with Crippen molar-refractivity contribution in [3.05, 3.63) is 101 Å². The minimum Gasteiger partial charge on any atom is -0.507 e. The highest BCUT2D eigenvalue weighted by molar-refractivity contribution is 6.01. The SMILES string of the molecule is Cc1ccc(C2=N[C@@H](c3ccc(F)cc3)[NH2+][C@H](c3ccccc3O)C2)cc1. The molecule has 3 N–H and O–H groups in total. The van der Waals surface area contributed by atoms with Gasteiger partial charge in [-0.3, -0.25) is 0 Å². The lowest BCUT2D eigenvalue weighted by Crippen LogP contribution is -2.87. The van der Waals surface area contributed by atoms with Crippen molar-refractivity contribution in [3.63, 3.8) is 0 Å². The van der Waals surface area contributed by atoms with Crippen LogP contribution < -0.4 is 5.32 Å². The van der Waals surface area contributed by atoms with Crippen molar-refractivity contribution in [2.45, 2.75) is 25.6 Å². The van der Waals surface area contributed by atoms with Gasteiger partial charge in [-0.2, -0.15) is 0 Å². The second kappa shape index (κ2) is 7.33. The predicted molar refractivity (Wildman–Crippen MR) is 104 cm³/mol. The smallest absolute Gasteiger partial charge is 0.206 e. The molecule has 0 aromatic heterocycles. The molecule has 1 aliphatic heterocycles. The molecule has 0 unspecified atom stereocenters. The maximum absolute atomic E-state index is 13.3. The molecule has 3 nitrogen and oxygen atoms in total. The monoisotopic (exact) mass is 361 g/mol. The van der Waals surface area contributed by atoms with Crippen LogP contribution in [-0.2, 0) is 0 Å². The number of halogens is 1. The molecule has 0 amide bonds. The number of hydrogen-bond acceptors (Lipinski definition) is 2. The third kappa shape index (κ3) is 3.76. The number of phenols is 1. The molecule has 0 fully saturated rings. The average Bonchev–Trinajstić information content (AvgIpc) is 2.69. The number of aromatic hydroxyl groups is 1. The zero-order chi connectivity index (χ0) is 18.8. The van der Waals surface area contributed by atoms with Crippen LogP contribution in [0.4, 0.5) is 4.39 Å². The Hall–Kier alpha value is -2.98. The van der Waals surface area contributed by atoms with E-state index >= 15 is 0 Å². The van der Waals surface area contributed by atoms with E-state index in [-0.39, 0.29) is 18.0 Å². The first-order chi connectivity index (χ1) is 13.1. The van der Waals surface area contributed by atoms with Crippen LogP contribution in [0.1, 0.15) is 40.9 Å². The van der Waals surface area contributed by atoms with Crippen LogP contribution in [0.15, 0.2) is 77.8 Å². The topological polar surface area (TPSA) is 49.2 Å². The van der Waals surface area contributed by atoms with E-state index in [2.05, 4.69) is 36.5 Å². The van der Waals surface area contributed by atoms with Crippen molar-refractivity contribution >= 4 is 5.71 Å². The van der Waals surface area contributed by atoms with Crippen LogP contribution >= 0.6 is 0 Å². The summed E-state index contributed by atoms with van der Waals surface area (Å²) in [7, 11) is 0. The molecule has 3 aromatic carbocycles. The Morgan fingerprint density at radius 1 is 0.963 bits per heavy atom. The van der Waals surface area contributed by atoms with Gasteiger partial charge in [0.15, 0.2) is 0 Å². The van der Waals surface area contributed by atoms with Gasteiger partial charge < -0.3 is 10.4 Å². The summed E-state index contributed by atoms with van der Waals surface area (Å²) >= 11 is 0. The molecule has 3 aromatic rings. The van der Waals surface area contributed by atoms with Gasteiger partial charge in [-0.05, 0) is 48.9 Å². The predicted octanol–water partition coefficient (Wildman–Crippen LogP) is 4.04. The quantitative estimate of drug-likeness (QED) is 0.727. The third-order valence-electron chi connectivity index (χ3n) is 5.06. The number of nitrogens with zero attached hydrogens (tertiary/aromatic N) is 1. The molecule has 2 atom stereocenters. The molecule has 1 heterocycles. The molecule has 0 aliphatic carbocycles. The van der Waals surface area contributed by atoms with Crippen molar-refractivity contribution in [1.82, 2.24) is 0 Å². The second-order valence-electron chi connectivity index (χ2n) is 7.00. The number of aliphatic imine (C=N–C) groups is 1. The summed E-state index contributed by atoms with van der Waals surface area (Å²) in [5.74, 6) is 0.0383. The van der Waals surface area contributed by atoms with Crippen LogP contribution in [0.3, 0.4) is 0 Å². The zero-order valence-corrected chi connectivity index (χ0v) is 15.1. The summed E-state index contributed by atoms with van der Waals surface area (Å²) in [4.78, 5) is 4.94. The summed E-state index contributed by atoms with van der Waals surface area (Å²) in [5, 5.41) is 12.5. The Balaban J connectivity index is 1.75. The van der Waals surface area contributed by atoms with Gasteiger partial charge >= 0.3 is 0 Å². The Bertz CT molecular complexity index is 964. The normalized spacial score (nSPS) is 19.6. The van der Waals surface area contributed by atoms with E-state index in [0.29, 0.717) is 5.75 Å². The summed E-state index contributed by atoms with van der Waals surface area (Å²) in [5.41, 5.74) is 5.13. The van der Waals surface area contributed by atoms with E-state index in [1.165, 1.54) is 17.7 Å². The summed E-state index contributed by atoms with van der Waals surface area (Å²) < 4.78 is 13.3. The van der Waals surface area contributed by atoms with E-state index in [1.54, 1.807) is 18.2 Å². The van der Waals surface area contributed by atoms with Gasteiger partial charge in [0.2, 0.25) is 6.17 Å². The fourth-order valence-electron chi connectivity index (χ4n) is 3.56. The number of quaternary nitrogens is 1. The number of aryl methyl sites for hydroxylation is 1. The lowest BCUT2D eigenvalue weighted by molar-refractivity contribution is -0.735. The van der Waals surface area contributed by atoms with E-state index in [9.17, 15) is 9.50 Å². The highest BCUT2D eigenvalue weighted by Crippen LogP contribution is 2.29. The van der Waals surface area contributed by atoms with Gasteiger partial charge in [-0.15, -0.1) is 0 Å². The van der Waals surface area contributed by atoms with Gasteiger partial charge in [0.05, 0.1) is 11.3 Å². The Labute approximate surface area is 158 Å². The molecule has 0 radical (unpaired) electrons. The van der Waals surface area contributed by atoms with E-state index in [0.717, 1.165) is 28.8 Å². The van der Waals surface area contributed by atoms with Crippen molar-refractivity contribution in [1.29, 1.82) is 0 Å². The molecule has 4 rings (SSSR count). The first kappa shape index (κ1) is 17.4. The number of phenolic OH excluding ortho intramolecular Hbond substituents is 1. The number of rotatable bonds is 3. The maximum atomic E-state index is 13.3. The average molecular weight is 361 g/mol. The van der Waals surface area contributed by atoms with E-state index in [4.69, 9.17) is 4.99 Å². The lowest BCUT2D eigenvalue weighted by atomic mass is 9.93. The van der Waals surface area contributed by atoms with Gasteiger partial charge in [-0.1, -0.05) is 42.0 Å². The van der Waals surface area contributed by atoms with Crippen LogP contribution in [0, 0.1) is 12.7 Å². The molecule has 4 heteroatoms. The molecule has 0 bridgehead atoms.